The second-order valence-corrected chi connectivity index (χ2v) is 8.74. The van der Waals surface area contributed by atoms with Crippen molar-refractivity contribution >= 4 is 5.84 Å². The van der Waals surface area contributed by atoms with Gasteiger partial charge in [-0.2, -0.15) is 0 Å². The molecule has 1 aliphatic rings. The Morgan fingerprint density at radius 3 is 1.75 bits per heavy atom. The third kappa shape index (κ3) is 10.9. The molecule has 1 heterocycles. The number of aliphatic imine (C=N–C) groups is 1. The van der Waals surface area contributed by atoms with Crippen molar-refractivity contribution in [2.24, 2.45) is 4.99 Å². The van der Waals surface area contributed by atoms with Crippen LogP contribution in [0.2, 0.25) is 0 Å². The number of nitrogens with zero attached hydrogens (tertiary/aromatic N) is 2. The summed E-state index contributed by atoms with van der Waals surface area (Å²) in [5.74, 6) is 1.18. The van der Waals surface area contributed by atoms with E-state index in [1.807, 2.05) is 0 Å². The van der Waals surface area contributed by atoms with Gasteiger partial charge < -0.3 is 10.2 Å². The van der Waals surface area contributed by atoms with Gasteiger partial charge in [-0.15, -0.1) is 0 Å². The van der Waals surface area contributed by atoms with Crippen molar-refractivity contribution in [2.45, 2.75) is 110 Å². The zero-order valence-corrected chi connectivity index (χ0v) is 18.8. The Morgan fingerprint density at radius 1 is 0.786 bits per heavy atom. The molecule has 28 heavy (non-hydrogen) atoms. The lowest BCUT2D eigenvalue weighted by Gasteiger charge is -2.35. The van der Waals surface area contributed by atoms with E-state index in [2.05, 4.69) is 11.9 Å². The standard InChI is InChI=1S/C24H48N2O2/c1-2-3-4-5-6-7-8-9-10-11-12-13-14-15-16-17-24-25-18-19-26(24,20-22-27)21-23-28/h27H,2-23H2,1H3. The first kappa shape index (κ1) is 25.6. The molecule has 0 aliphatic carbocycles. The van der Waals surface area contributed by atoms with Crippen molar-refractivity contribution in [3.8, 4) is 0 Å². The number of unbranched alkanes of at least 4 members (excludes halogenated alkanes) is 14. The molecule has 0 saturated heterocycles. The molecule has 0 spiro atoms. The minimum absolute atomic E-state index is 0.0716. The SMILES string of the molecule is CCCCCCCCCCCCCCCCCC1=NCC[N+]1(CC[O-])CCO. The van der Waals surface area contributed by atoms with Crippen molar-refractivity contribution in [3.63, 3.8) is 0 Å². The summed E-state index contributed by atoms with van der Waals surface area (Å²) in [5, 5.41) is 20.5. The van der Waals surface area contributed by atoms with Crippen molar-refractivity contribution in [1.29, 1.82) is 0 Å². The second-order valence-electron chi connectivity index (χ2n) is 8.74. The van der Waals surface area contributed by atoms with E-state index in [9.17, 15) is 10.2 Å². The summed E-state index contributed by atoms with van der Waals surface area (Å²) < 4.78 is 0.665. The predicted octanol–water partition coefficient (Wildman–Crippen LogP) is 4.83. The number of aliphatic hydroxyl groups is 1. The Kier molecular flexibility index (Phi) is 15.9. The van der Waals surface area contributed by atoms with Crippen molar-refractivity contribution in [2.75, 3.05) is 39.4 Å². The van der Waals surface area contributed by atoms with Gasteiger partial charge in [0.05, 0.1) is 19.7 Å². The summed E-state index contributed by atoms with van der Waals surface area (Å²) in [7, 11) is 0. The van der Waals surface area contributed by atoms with Crippen molar-refractivity contribution in [3.05, 3.63) is 0 Å². The van der Waals surface area contributed by atoms with Crippen LogP contribution < -0.4 is 5.11 Å². The molecule has 166 valence electrons. The van der Waals surface area contributed by atoms with Gasteiger partial charge in [-0.05, 0) is 6.42 Å². The molecule has 0 aromatic carbocycles. The van der Waals surface area contributed by atoms with E-state index in [1.165, 1.54) is 102 Å². The van der Waals surface area contributed by atoms with E-state index in [1.54, 1.807) is 0 Å². The second kappa shape index (κ2) is 17.4. The number of hydrogen-bond acceptors (Lipinski definition) is 3. The molecule has 0 radical (unpaired) electrons. The molecule has 1 rings (SSSR count). The molecule has 0 amide bonds. The molecule has 0 aromatic rings. The Balaban J connectivity index is 1.92. The van der Waals surface area contributed by atoms with Gasteiger partial charge in [0.25, 0.3) is 0 Å². The highest BCUT2D eigenvalue weighted by Gasteiger charge is 2.35. The van der Waals surface area contributed by atoms with Crippen LogP contribution in [0.1, 0.15) is 110 Å². The molecule has 4 heteroatoms. The molecule has 0 saturated carbocycles. The highest BCUT2D eigenvalue weighted by atomic mass is 16.3. The molecular weight excluding hydrogens is 348 g/mol. The van der Waals surface area contributed by atoms with Crippen LogP contribution in [0.4, 0.5) is 0 Å². The predicted molar refractivity (Wildman–Crippen MR) is 119 cm³/mol. The van der Waals surface area contributed by atoms with Crippen molar-refractivity contribution < 1.29 is 14.7 Å². The van der Waals surface area contributed by atoms with Crippen LogP contribution in [0.3, 0.4) is 0 Å². The van der Waals surface area contributed by atoms with E-state index in [0.717, 1.165) is 19.5 Å². The minimum atomic E-state index is -0.0716. The normalized spacial score (nSPS) is 19.3. The van der Waals surface area contributed by atoms with E-state index < -0.39 is 0 Å². The summed E-state index contributed by atoms with van der Waals surface area (Å²) in [6.07, 6.45) is 21.7. The lowest BCUT2D eigenvalue weighted by molar-refractivity contribution is -0.843. The van der Waals surface area contributed by atoms with Gasteiger partial charge >= 0.3 is 0 Å². The first-order valence-corrected chi connectivity index (χ1v) is 12.4. The molecule has 1 aliphatic heterocycles. The Hall–Kier alpha value is -0.450. The first-order chi connectivity index (χ1) is 13.8. The van der Waals surface area contributed by atoms with Crippen molar-refractivity contribution in [1.82, 2.24) is 0 Å². The summed E-state index contributed by atoms with van der Waals surface area (Å²) >= 11 is 0. The molecule has 1 unspecified atom stereocenters. The third-order valence-electron chi connectivity index (χ3n) is 6.42. The van der Waals surface area contributed by atoms with Crippen LogP contribution in [-0.2, 0) is 0 Å². The molecule has 1 atom stereocenters. The lowest BCUT2D eigenvalue weighted by atomic mass is 10.0. The summed E-state index contributed by atoms with van der Waals surface area (Å²) in [6.45, 7) is 5.36. The van der Waals surface area contributed by atoms with Gasteiger partial charge in [0.2, 0.25) is 0 Å². The highest BCUT2D eigenvalue weighted by molar-refractivity contribution is 5.76. The number of rotatable bonds is 20. The molecule has 0 aromatic heterocycles. The Labute approximate surface area is 175 Å². The topological polar surface area (TPSA) is 55.7 Å². The Bertz CT molecular complexity index is 379. The Morgan fingerprint density at radius 2 is 1.29 bits per heavy atom. The number of aliphatic hydroxyl groups excluding tert-OH is 1. The van der Waals surface area contributed by atoms with Crippen LogP contribution in [0.5, 0.6) is 0 Å². The van der Waals surface area contributed by atoms with Crippen LogP contribution in [0, 0.1) is 0 Å². The maximum absolute atomic E-state index is 11.2. The maximum Gasteiger partial charge on any atom is 0.198 e. The van der Waals surface area contributed by atoms with Crippen LogP contribution in [0.25, 0.3) is 0 Å². The van der Waals surface area contributed by atoms with E-state index in [-0.39, 0.29) is 13.2 Å². The van der Waals surface area contributed by atoms with E-state index in [4.69, 9.17) is 0 Å². The molecule has 0 fully saturated rings. The molecule has 0 bridgehead atoms. The monoisotopic (exact) mass is 396 g/mol. The van der Waals surface area contributed by atoms with Gasteiger partial charge in [0.15, 0.2) is 5.84 Å². The number of hydrogen-bond donors (Lipinski definition) is 1. The van der Waals surface area contributed by atoms with E-state index in [0.29, 0.717) is 17.6 Å². The van der Waals surface area contributed by atoms with Gasteiger partial charge in [0, 0.05) is 6.42 Å². The summed E-state index contributed by atoms with van der Waals surface area (Å²) in [6, 6.07) is 0. The molecular formula is C24H48N2O2. The average Bonchev–Trinajstić information content (AvgIpc) is 3.07. The highest BCUT2D eigenvalue weighted by Crippen LogP contribution is 2.20. The van der Waals surface area contributed by atoms with Gasteiger partial charge in [0.1, 0.15) is 13.1 Å². The molecule has 4 nitrogen and oxygen atoms in total. The fourth-order valence-electron chi connectivity index (χ4n) is 4.58. The van der Waals surface area contributed by atoms with Crippen LogP contribution >= 0.6 is 0 Å². The largest absolute Gasteiger partial charge is 0.850 e. The average molecular weight is 397 g/mol. The van der Waals surface area contributed by atoms with E-state index >= 15 is 0 Å². The fraction of sp³-hybridized carbons (Fsp3) is 0.958. The fourth-order valence-corrected chi connectivity index (χ4v) is 4.58. The van der Waals surface area contributed by atoms with Gasteiger partial charge in [-0.3, -0.25) is 4.48 Å². The minimum Gasteiger partial charge on any atom is -0.850 e. The quantitative estimate of drug-likeness (QED) is 0.237. The number of amidine groups is 1. The van der Waals surface area contributed by atoms with Crippen LogP contribution in [0.15, 0.2) is 4.99 Å². The zero-order valence-electron chi connectivity index (χ0n) is 18.8. The first-order valence-electron chi connectivity index (χ1n) is 12.4. The summed E-state index contributed by atoms with van der Waals surface area (Å²) in [4.78, 5) is 4.67. The lowest BCUT2D eigenvalue weighted by Crippen LogP contribution is -2.55. The van der Waals surface area contributed by atoms with Gasteiger partial charge in [-0.1, -0.05) is 103 Å². The smallest absolute Gasteiger partial charge is 0.198 e. The van der Waals surface area contributed by atoms with Gasteiger partial charge in [-0.25, -0.2) is 4.99 Å². The molecule has 1 N–H and O–H groups in total. The zero-order chi connectivity index (χ0) is 20.3. The maximum atomic E-state index is 11.2. The summed E-state index contributed by atoms with van der Waals surface area (Å²) in [5.41, 5.74) is 0. The van der Waals surface area contributed by atoms with Crippen LogP contribution in [-0.4, -0.2) is 54.8 Å². The number of quaternary nitrogens is 1. The third-order valence-corrected chi connectivity index (χ3v) is 6.42.